The number of rotatable bonds is 4. The van der Waals surface area contributed by atoms with Crippen LogP contribution in [0.15, 0.2) is 0 Å². The molecule has 0 aromatic rings. The van der Waals surface area contributed by atoms with Crippen molar-refractivity contribution in [2.45, 2.75) is 39.3 Å². The summed E-state index contributed by atoms with van der Waals surface area (Å²) < 4.78 is 0. The maximum absolute atomic E-state index is 5.36. The van der Waals surface area contributed by atoms with Gasteiger partial charge in [-0.3, -0.25) is 0 Å². The molecule has 3 N–H and O–H groups in total. The van der Waals surface area contributed by atoms with Crippen molar-refractivity contribution in [1.82, 2.24) is 5.32 Å². The van der Waals surface area contributed by atoms with Gasteiger partial charge in [-0.05, 0) is 6.92 Å². The highest BCUT2D eigenvalue weighted by Gasteiger charge is 2.03. The van der Waals surface area contributed by atoms with E-state index in [1.165, 1.54) is 0 Å². The van der Waals surface area contributed by atoms with Gasteiger partial charge in [0, 0.05) is 18.5 Å². The quantitative estimate of drug-likeness (QED) is 0.604. The first-order chi connectivity index (χ1) is 4.52. The Labute approximate surface area is 68.2 Å². The Morgan fingerprint density at radius 2 is 2.00 bits per heavy atom. The molecule has 0 aliphatic heterocycles. The summed E-state index contributed by atoms with van der Waals surface area (Å²) in [6, 6.07) is 0.904. The number of nitrogens with two attached hydrogens (primary N) is 1. The van der Waals surface area contributed by atoms with Gasteiger partial charge < -0.3 is 11.1 Å². The number of hydrogen-bond donors (Lipinski definition) is 2. The molecule has 10 heavy (non-hydrogen) atoms. The molecule has 0 aliphatic carbocycles. The van der Waals surface area contributed by atoms with E-state index in [0.717, 1.165) is 6.42 Å². The normalized spacial score (nSPS) is 13.6. The summed E-state index contributed by atoms with van der Waals surface area (Å²) in [5.41, 5.74) is 5.36. The van der Waals surface area contributed by atoms with Gasteiger partial charge in [-0.25, -0.2) is 0 Å². The predicted molar refractivity (Wildman–Crippen MR) is 49.1 cm³/mol. The van der Waals surface area contributed by atoms with Crippen LogP contribution in [-0.4, -0.2) is 17.1 Å². The molecule has 3 heteroatoms. The molecule has 0 heterocycles. The third kappa shape index (κ3) is 5.98. The van der Waals surface area contributed by atoms with Gasteiger partial charge in [0.05, 0.1) is 4.99 Å². The lowest BCUT2D eigenvalue weighted by atomic mass is 10.2. The molecule has 0 amide bonds. The van der Waals surface area contributed by atoms with E-state index in [-0.39, 0.29) is 0 Å². The van der Waals surface area contributed by atoms with Crippen molar-refractivity contribution in [3.8, 4) is 0 Å². The Hall–Kier alpha value is -0.150. The molecule has 0 saturated carbocycles. The van der Waals surface area contributed by atoms with E-state index in [1.54, 1.807) is 0 Å². The van der Waals surface area contributed by atoms with Crippen LogP contribution in [0.25, 0.3) is 0 Å². The Morgan fingerprint density at radius 3 is 2.30 bits per heavy atom. The van der Waals surface area contributed by atoms with Gasteiger partial charge in [0.15, 0.2) is 0 Å². The standard InChI is InChI=1S/C7H16N2S/c1-5(2)9-6(3)4-7(8)10/h5-6,9H,4H2,1-3H3,(H2,8,10). The maximum atomic E-state index is 5.36. The molecule has 0 rings (SSSR count). The molecular formula is C7H16N2S. The Morgan fingerprint density at radius 1 is 1.50 bits per heavy atom. The summed E-state index contributed by atoms with van der Waals surface area (Å²) in [6.07, 6.45) is 0.785. The van der Waals surface area contributed by atoms with Crippen molar-refractivity contribution in [3.63, 3.8) is 0 Å². The van der Waals surface area contributed by atoms with E-state index in [4.69, 9.17) is 18.0 Å². The van der Waals surface area contributed by atoms with Crippen LogP contribution in [0.5, 0.6) is 0 Å². The van der Waals surface area contributed by atoms with Gasteiger partial charge in [0.1, 0.15) is 0 Å². The zero-order chi connectivity index (χ0) is 8.15. The summed E-state index contributed by atoms with van der Waals surface area (Å²) >= 11 is 4.76. The van der Waals surface area contributed by atoms with Gasteiger partial charge in [0.2, 0.25) is 0 Å². The van der Waals surface area contributed by atoms with Crippen LogP contribution < -0.4 is 11.1 Å². The third-order valence-corrected chi connectivity index (χ3v) is 1.29. The van der Waals surface area contributed by atoms with Gasteiger partial charge in [-0.1, -0.05) is 26.1 Å². The second-order valence-electron chi connectivity index (χ2n) is 2.89. The van der Waals surface area contributed by atoms with E-state index >= 15 is 0 Å². The fraction of sp³-hybridized carbons (Fsp3) is 0.857. The van der Waals surface area contributed by atoms with Gasteiger partial charge in [-0.15, -0.1) is 0 Å². The topological polar surface area (TPSA) is 38.0 Å². The minimum Gasteiger partial charge on any atom is -0.393 e. The molecule has 60 valence electrons. The summed E-state index contributed by atoms with van der Waals surface area (Å²) in [5.74, 6) is 0. The van der Waals surface area contributed by atoms with Gasteiger partial charge in [-0.2, -0.15) is 0 Å². The van der Waals surface area contributed by atoms with Gasteiger partial charge >= 0.3 is 0 Å². The summed E-state index contributed by atoms with van der Waals surface area (Å²) in [4.78, 5) is 0.584. The molecule has 1 unspecified atom stereocenters. The van der Waals surface area contributed by atoms with E-state index in [0.29, 0.717) is 17.1 Å². The highest BCUT2D eigenvalue weighted by molar-refractivity contribution is 7.80. The van der Waals surface area contributed by atoms with Crippen LogP contribution in [0.4, 0.5) is 0 Å². The van der Waals surface area contributed by atoms with Crippen LogP contribution in [0.1, 0.15) is 27.2 Å². The Balaban J connectivity index is 3.43. The second-order valence-corrected chi connectivity index (χ2v) is 3.42. The van der Waals surface area contributed by atoms with Crippen molar-refractivity contribution in [2.75, 3.05) is 0 Å². The number of nitrogens with one attached hydrogen (secondary N) is 1. The summed E-state index contributed by atoms with van der Waals surface area (Å²) in [6.45, 7) is 6.30. The molecular weight excluding hydrogens is 144 g/mol. The second kappa shape index (κ2) is 4.63. The maximum Gasteiger partial charge on any atom is 0.0742 e. The minimum atomic E-state index is 0.400. The summed E-state index contributed by atoms with van der Waals surface area (Å²) in [7, 11) is 0. The average molecular weight is 160 g/mol. The Bertz CT molecular complexity index is 112. The van der Waals surface area contributed by atoms with E-state index < -0.39 is 0 Å². The molecule has 0 radical (unpaired) electrons. The lowest BCUT2D eigenvalue weighted by Gasteiger charge is -2.15. The monoisotopic (exact) mass is 160 g/mol. The first-order valence-corrected chi connectivity index (χ1v) is 3.97. The fourth-order valence-electron chi connectivity index (χ4n) is 0.930. The molecule has 0 aliphatic rings. The molecule has 0 aromatic heterocycles. The highest BCUT2D eigenvalue weighted by atomic mass is 32.1. The van der Waals surface area contributed by atoms with Gasteiger partial charge in [0.25, 0.3) is 0 Å². The minimum absolute atomic E-state index is 0.400. The van der Waals surface area contributed by atoms with Crippen molar-refractivity contribution in [1.29, 1.82) is 0 Å². The van der Waals surface area contributed by atoms with Crippen LogP contribution in [0, 0.1) is 0 Å². The zero-order valence-corrected chi connectivity index (χ0v) is 7.66. The van der Waals surface area contributed by atoms with Crippen molar-refractivity contribution >= 4 is 17.2 Å². The van der Waals surface area contributed by atoms with Crippen molar-refractivity contribution in [3.05, 3.63) is 0 Å². The van der Waals surface area contributed by atoms with Crippen LogP contribution in [0.3, 0.4) is 0 Å². The molecule has 0 bridgehead atoms. The van der Waals surface area contributed by atoms with E-state index in [9.17, 15) is 0 Å². The largest absolute Gasteiger partial charge is 0.393 e. The van der Waals surface area contributed by atoms with E-state index in [1.807, 2.05) is 0 Å². The molecule has 0 saturated heterocycles. The lowest BCUT2D eigenvalue weighted by molar-refractivity contribution is 0.501. The highest BCUT2D eigenvalue weighted by Crippen LogP contribution is 1.92. The SMILES string of the molecule is CC(C)NC(C)CC(N)=S. The molecule has 2 nitrogen and oxygen atoms in total. The molecule has 1 atom stereocenters. The van der Waals surface area contributed by atoms with Crippen LogP contribution >= 0.6 is 12.2 Å². The smallest absolute Gasteiger partial charge is 0.0742 e. The van der Waals surface area contributed by atoms with Crippen molar-refractivity contribution in [2.24, 2.45) is 5.73 Å². The number of hydrogen-bond acceptors (Lipinski definition) is 2. The summed E-state index contributed by atoms with van der Waals surface area (Å²) in [5, 5.41) is 3.31. The fourth-order valence-corrected chi connectivity index (χ4v) is 1.18. The molecule has 0 fully saturated rings. The number of thiocarbonyl (C=S) groups is 1. The molecule has 0 spiro atoms. The molecule has 0 aromatic carbocycles. The van der Waals surface area contributed by atoms with Crippen LogP contribution in [-0.2, 0) is 0 Å². The van der Waals surface area contributed by atoms with Crippen LogP contribution in [0.2, 0.25) is 0 Å². The zero-order valence-electron chi connectivity index (χ0n) is 6.85. The average Bonchev–Trinajstić information content (AvgIpc) is 1.58. The van der Waals surface area contributed by atoms with E-state index in [2.05, 4.69) is 26.1 Å². The Kier molecular flexibility index (Phi) is 4.56. The first kappa shape index (κ1) is 9.85. The van der Waals surface area contributed by atoms with Crippen molar-refractivity contribution < 1.29 is 0 Å². The lowest BCUT2D eigenvalue weighted by Crippen LogP contribution is -2.35. The predicted octanol–water partition coefficient (Wildman–Crippen LogP) is 1.05. The first-order valence-electron chi connectivity index (χ1n) is 3.56. The third-order valence-electron chi connectivity index (χ3n) is 1.13.